The number of hydrogen-bond acceptors (Lipinski definition) is 7. The third-order valence-electron chi connectivity index (χ3n) is 8.15. The van der Waals surface area contributed by atoms with Crippen molar-refractivity contribution < 1.29 is 48.7 Å². The fourth-order valence-corrected chi connectivity index (χ4v) is 7.20. The molecule has 262 valence electrons. The van der Waals surface area contributed by atoms with Crippen molar-refractivity contribution in [3.05, 3.63) is 93.9 Å². The summed E-state index contributed by atoms with van der Waals surface area (Å²) < 4.78 is 123. The molecule has 17 heteroatoms. The number of sulfone groups is 1. The van der Waals surface area contributed by atoms with Crippen LogP contribution in [0.3, 0.4) is 0 Å². The Morgan fingerprint density at radius 1 is 1.04 bits per heavy atom. The summed E-state index contributed by atoms with van der Waals surface area (Å²) in [5, 5.41) is 0.0807. The molecule has 0 bridgehead atoms. The average molecular weight is 715 g/mol. The van der Waals surface area contributed by atoms with E-state index in [2.05, 4.69) is 9.97 Å². The predicted molar refractivity (Wildman–Crippen MR) is 163 cm³/mol. The summed E-state index contributed by atoms with van der Waals surface area (Å²) in [7, 11) is -3.29. The van der Waals surface area contributed by atoms with Crippen LogP contribution in [0, 0.1) is 11.7 Å². The number of halogens is 7. The van der Waals surface area contributed by atoms with Gasteiger partial charge in [0.2, 0.25) is 5.91 Å². The summed E-state index contributed by atoms with van der Waals surface area (Å²) in [4.78, 5) is 37.9. The van der Waals surface area contributed by atoms with Gasteiger partial charge in [-0.2, -0.15) is 26.3 Å². The second-order valence-corrected chi connectivity index (χ2v) is 14.0. The van der Waals surface area contributed by atoms with Gasteiger partial charge in [-0.25, -0.2) is 22.8 Å². The molecule has 1 fully saturated rings. The molecule has 0 saturated carbocycles. The number of hydrogen-bond donors (Lipinski definition) is 0. The number of benzene rings is 2. The molecule has 2 aromatic carbocycles. The molecule has 9 nitrogen and oxygen atoms in total. The van der Waals surface area contributed by atoms with E-state index in [0.717, 1.165) is 10.6 Å². The fraction of sp³-hybridized carbons (Fsp3) is 0.375. The maximum absolute atomic E-state index is 14.0. The lowest BCUT2D eigenvalue weighted by Gasteiger charge is -2.34. The van der Waals surface area contributed by atoms with Crippen molar-refractivity contribution in [2.24, 2.45) is 5.92 Å². The molecule has 0 aliphatic carbocycles. The molecule has 5 rings (SSSR count). The molecular weight excluding hydrogens is 685 g/mol. The van der Waals surface area contributed by atoms with Gasteiger partial charge in [0, 0.05) is 12.7 Å². The lowest BCUT2D eigenvalue weighted by atomic mass is 10.00. The van der Waals surface area contributed by atoms with Gasteiger partial charge in [-0.1, -0.05) is 6.07 Å². The zero-order valence-electron chi connectivity index (χ0n) is 25.8. The van der Waals surface area contributed by atoms with Gasteiger partial charge in [0.05, 0.1) is 40.6 Å². The third-order valence-corrected chi connectivity index (χ3v) is 9.86. The van der Waals surface area contributed by atoms with Gasteiger partial charge in [0.15, 0.2) is 12.3 Å². The highest BCUT2D eigenvalue weighted by molar-refractivity contribution is 7.91. The summed E-state index contributed by atoms with van der Waals surface area (Å²) in [5.41, 5.74) is -2.15. The average Bonchev–Trinajstić information content (AvgIpc) is 3.03. The summed E-state index contributed by atoms with van der Waals surface area (Å²) in [6.07, 6.45) is -8.42. The third kappa shape index (κ3) is 8.55. The van der Waals surface area contributed by atoms with E-state index < -0.39 is 64.1 Å². The van der Waals surface area contributed by atoms with E-state index in [9.17, 15) is 48.7 Å². The highest BCUT2D eigenvalue weighted by Gasteiger charge is 2.36. The highest BCUT2D eigenvalue weighted by atomic mass is 32.2. The number of ether oxygens (including phenoxy) is 1. The first-order valence-electron chi connectivity index (χ1n) is 14.9. The Labute approximate surface area is 275 Å². The smallest absolute Gasteiger partial charge is 0.422 e. The van der Waals surface area contributed by atoms with E-state index in [1.165, 1.54) is 54.4 Å². The van der Waals surface area contributed by atoms with Crippen molar-refractivity contribution in [2.75, 3.05) is 24.7 Å². The summed E-state index contributed by atoms with van der Waals surface area (Å²) in [6.45, 7) is -0.0733. The molecule has 1 saturated heterocycles. The number of fused-ring (bicyclic) bond motifs is 1. The number of alkyl halides is 6. The number of aromatic nitrogens is 3. The molecule has 0 spiro atoms. The first-order chi connectivity index (χ1) is 22.9. The van der Waals surface area contributed by atoms with Crippen LogP contribution in [-0.2, 0) is 27.2 Å². The normalized spacial score (nSPS) is 16.0. The maximum Gasteiger partial charge on any atom is 0.422 e. The van der Waals surface area contributed by atoms with Crippen LogP contribution in [0.1, 0.15) is 42.8 Å². The molecular formula is C32H29F7N4O5S. The first kappa shape index (κ1) is 35.8. The van der Waals surface area contributed by atoms with Gasteiger partial charge < -0.3 is 9.64 Å². The second kappa shape index (κ2) is 13.8. The minimum atomic E-state index is -5.02. The summed E-state index contributed by atoms with van der Waals surface area (Å²) in [6, 6.07) is 9.16. The summed E-state index contributed by atoms with van der Waals surface area (Å²) in [5.74, 6) is -2.99. The topological polar surface area (TPSA) is 111 Å². The van der Waals surface area contributed by atoms with Crippen molar-refractivity contribution in [1.29, 1.82) is 0 Å². The minimum absolute atomic E-state index is 0.0141. The first-order valence-corrected chi connectivity index (χ1v) is 16.8. The Hall–Kier alpha value is -4.54. The molecule has 0 unspecified atom stereocenters. The van der Waals surface area contributed by atoms with Gasteiger partial charge in [-0.3, -0.25) is 14.2 Å². The zero-order valence-corrected chi connectivity index (χ0v) is 26.6. The van der Waals surface area contributed by atoms with Gasteiger partial charge in [0.25, 0.3) is 5.56 Å². The Kier molecular flexibility index (Phi) is 10.0. The molecule has 0 radical (unpaired) electrons. The number of rotatable bonds is 9. The van der Waals surface area contributed by atoms with Crippen LogP contribution in [0.5, 0.6) is 5.75 Å². The molecule has 1 aliphatic rings. The van der Waals surface area contributed by atoms with Crippen LogP contribution in [0.2, 0.25) is 0 Å². The van der Waals surface area contributed by atoms with Crippen molar-refractivity contribution >= 4 is 26.8 Å². The number of pyridine rings is 1. The Balaban J connectivity index is 1.57. The van der Waals surface area contributed by atoms with Crippen LogP contribution in [0.4, 0.5) is 30.7 Å². The van der Waals surface area contributed by atoms with Crippen LogP contribution in [0.15, 0.2) is 65.6 Å². The van der Waals surface area contributed by atoms with E-state index >= 15 is 0 Å². The van der Waals surface area contributed by atoms with E-state index in [-0.39, 0.29) is 70.7 Å². The van der Waals surface area contributed by atoms with Crippen molar-refractivity contribution in [3.63, 3.8) is 0 Å². The number of nitrogens with zero attached hydrogens (tertiary/aromatic N) is 4. The van der Waals surface area contributed by atoms with Crippen LogP contribution >= 0.6 is 0 Å². The fourth-order valence-electron chi connectivity index (χ4n) is 5.61. The number of amides is 1. The van der Waals surface area contributed by atoms with E-state index in [0.29, 0.717) is 12.1 Å². The molecule has 1 atom stereocenters. The molecule has 2 aromatic heterocycles. The van der Waals surface area contributed by atoms with Gasteiger partial charge in [-0.15, -0.1) is 0 Å². The monoisotopic (exact) mass is 714 g/mol. The predicted octanol–water partition coefficient (Wildman–Crippen LogP) is 5.84. The Bertz CT molecular complexity index is 2000. The van der Waals surface area contributed by atoms with Gasteiger partial charge in [-0.05, 0) is 79.8 Å². The molecule has 0 N–H and O–H groups in total. The molecule has 1 aliphatic heterocycles. The zero-order chi connectivity index (χ0) is 35.7. The highest BCUT2D eigenvalue weighted by Crippen LogP contribution is 2.33. The van der Waals surface area contributed by atoms with E-state index in [1.807, 2.05) is 0 Å². The van der Waals surface area contributed by atoms with Crippen molar-refractivity contribution in [2.45, 2.75) is 44.6 Å². The van der Waals surface area contributed by atoms with Gasteiger partial charge >= 0.3 is 12.4 Å². The Morgan fingerprint density at radius 2 is 1.71 bits per heavy atom. The van der Waals surface area contributed by atoms with Gasteiger partial charge in [0.1, 0.15) is 27.2 Å². The molecule has 49 heavy (non-hydrogen) atoms. The van der Waals surface area contributed by atoms with Crippen LogP contribution in [0.25, 0.3) is 16.7 Å². The van der Waals surface area contributed by atoms with Crippen LogP contribution < -0.4 is 10.3 Å². The molecule has 4 aromatic rings. The van der Waals surface area contributed by atoms with E-state index in [4.69, 9.17) is 4.74 Å². The maximum atomic E-state index is 14.0. The van der Waals surface area contributed by atoms with Crippen molar-refractivity contribution in [1.82, 2.24) is 19.4 Å². The quantitative estimate of drug-likeness (QED) is 0.201. The second-order valence-electron chi connectivity index (χ2n) is 11.7. The van der Waals surface area contributed by atoms with Crippen molar-refractivity contribution in [3.8, 4) is 11.4 Å². The van der Waals surface area contributed by atoms with Crippen LogP contribution in [-0.4, -0.2) is 64.6 Å². The lowest BCUT2D eigenvalue weighted by Crippen LogP contribution is -2.42. The van der Waals surface area contributed by atoms with E-state index in [1.54, 1.807) is 0 Å². The largest absolute Gasteiger partial charge is 0.484 e. The number of carbonyl (C=O) groups excluding carboxylic acids is 1. The Morgan fingerprint density at radius 3 is 2.35 bits per heavy atom. The minimum Gasteiger partial charge on any atom is -0.484 e. The molecule has 1 amide bonds. The molecule has 3 heterocycles. The summed E-state index contributed by atoms with van der Waals surface area (Å²) >= 11 is 0. The standard InChI is InChI=1S/C32H29F7N4O5S/c1-19(29-41-28-24(3-2-12-40-28)30(45)43(29)22-5-7-23(8-6-22)48-18-31(34,35)36)42(17-20-10-13-49(46,47)14-11-20)27(44)16-21-4-9-26(33)25(15-21)32(37,38)39/h2-9,12,15,19-20H,10-11,13-14,16-18H2,1H3/t19-/m1/s1. The number of carbonyl (C=O) groups is 1. The lowest BCUT2D eigenvalue weighted by molar-refractivity contribution is -0.153. The SMILES string of the molecule is C[C@H](c1nc2ncccc2c(=O)n1-c1ccc(OCC(F)(F)F)cc1)N(CC1CCS(=O)(=O)CC1)C(=O)Cc1ccc(F)c(C(F)(F)F)c1.